The normalized spacial score (nSPS) is 13.5. The van der Waals surface area contributed by atoms with Gasteiger partial charge in [-0.3, -0.25) is 9.59 Å². The van der Waals surface area contributed by atoms with E-state index in [0.717, 1.165) is 16.8 Å². The van der Waals surface area contributed by atoms with Crippen LogP contribution in [0.1, 0.15) is 69.8 Å². The highest BCUT2D eigenvalue weighted by molar-refractivity contribution is 5.96. The summed E-state index contributed by atoms with van der Waals surface area (Å²) in [6.07, 6.45) is 0. The number of hydrogen-bond donors (Lipinski definition) is 3. The van der Waals surface area contributed by atoms with Gasteiger partial charge >= 0.3 is 0 Å². The van der Waals surface area contributed by atoms with Crippen LogP contribution in [0.5, 0.6) is 0 Å². The first-order chi connectivity index (χ1) is 14.9. The molecule has 0 aliphatic rings. The second-order valence-electron chi connectivity index (χ2n) is 10.2. The molecule has 0 spiro atoms. The summed E-state index contributed by atoms with van der Waals surface area (Å²) < 4.78 is 0. The minimum absolute atomic E-state index is 0.0442. The third-order valence-electron chi connectivity index (χ3n) is 5.96. The summed E-state index contributed by atoms with van der Waals surface area (Å²) in [6, 6.07) is 14.4. The number of nitrogens with one attached hydrogen (secondary N) is 2. The molecule has 2 rings (SSSR count). The van der Waals surface area contributed by atoms with Crippen molar-refractivity contribution < 1.29 is 14.9 Å². The van der Waals surface area contributed by atoms with Crippen LogP contribution in [0.3, 0.4) is 0 Å². The molecule has 5 nitrogen and oxygen atoms in total. The zero-order chi connectivity index (χ0) is 24.1. The molecule has 2 amide bonds. The molecule has 5 heteroatoms. The Hall–Kier alpha value is -2.66. The number of carbonyl (C=O) groups excluding carboxylic acids is 2. The van der Waals surface area contributed by atoms with Crippen LogP contribution in [0.4, 0.5) is 5.69 Å². The van der Waals surface area contributed by atoms with Crippen molar-refractivity contribution in [2.45, 2.75) is 72.9 Å². The predicted octanol–water partition coefficient (Wildman–Crippen LogP) is 4.00. The van der Waals surface area contributed by atoms with Gasteiger partial charge in [-0.1, -0.05) is 77.1 Å². The first-order valence-corrected chi connectivity index (χ1v) is 11.5. The third-order valence-corrected chi connectivity index (χ3v) is 5.96. The Morgan fingerprint density at radius 2 is 1.50 bits per heavy atom. The molecule has 0 fully saturated rings. The van der Waals surface area contributed by atoms with Gasteiger partial charge in [0.2, 0.25) is 5.91 Å². The Kier molecular flexibility index (Phi) is 8.62. The van der Waals surface area contributed by atoms with E-state index in [0.29, 0.717) is 5.92 Å². The van der Waals surface area contributed by atoms with Crippen LogP contribution >= 0.6 is 0 Å². The van der Waals surface area contributed by atoms with Crippen LogP contribution in [-0.2, 0) is 15.0 Å². The van der Waals surface area contributed by atoms with Gasteiger partial charge in [-0.25, -0.2) is 0 Å². The quantitative estimate of drug-likeness (QED) is 0.583. The molecule has 2 aromatic rings. The number of carbonyl (C=O) groups is 2. The van der Waals surface area contributed by atoms with Gasteiger partial charge in [0, 0.05) is 17.2 Å². The van der Waals surface area contributed by atoms with E-state index in [1.165, 1.54) is 11.1 Å². The highest BCUT2D eigenvalue weighted by atomic mass is 16.2. The van der Waals surface area contributed by atoms with Gasteiger partial charge in [0.1, 0.15) is 6.04 Å². The van der Waals surface area contributed by atoms with Gasteiger partial charge in [-0.2, -0.15) is 0 Å². The number of amides is 2. The third kappa shape index (κ3) is 6.92. The highest BCUT2D eigenvalue weighted by Crippen LogP contribution is 2.25. The number of quaternary nitrogens is 1. The summed E-state index contributed by atoms with van der Waals surface area (Å²) in [5.74, 6) is -0.00203. The Morgan fingerprint density at radius 3 is 2.00 bits per heavy atom. The van der Waals surface area contributed by atoms with Crippen LogP contribution in [0.15, 0.2) is 42.5 Å². The van der Waals surface area contributed by atoms with Gasteiger partial charge < -0.3 is 16.0 Å². The lowest BCUT2D eigenvalue weighted by molar-refractivity contribution is -0.719. The van der Waals surface area contributed by atoms with Gasteiger partial charge in [-0.05, 0) is 42.9 Å². The van der Waals surface area contributed by atoms with Crippen LogP contribution < -0.4 is 16.0 Å². The lowest BCUT2D eigenvalue weighted by Crippen LogP contribution is -2.93. The molecule has 0 aliphatic heterocycles. The lowest BCUT2D eigenvalue weighted by atomic mass is 9.85. The molecule has 0 saturated carbocycles. The summed E-state index contributed by atoms with van der Waals surface area (Å²) in [4.78, 5) is 25.1. The topological polar surface area (TPSA) is 74.8 Å². The van der Waals surface area contributed by atoms with Crippen molar-refractivity contribution in [2.24, 2.45) is 5.92 Å². The van der Waals surface area contributed by atoms with Crippen molar-refractivity contribution in [2.75, 3.05) is 11.9 Å². The smallest absolute Gasteiger partial charge is 0.278 e. The molecule has 4 N–H and O–H groups in total. The molecule has 0 radical (unpaired) electrons. The van der Waals surface area contributed by atoms with Crippen molar-refractivity contribution in [3.63, 3.8) is 0 Å². The minimum atomic E-state index is -0.308. The van der Waals surface area contributed by atoms with Crippen molar-refractivity contribution in [3.8, 4) is 0 Å². The molecule has 0 unspecified atom stereocenters. The van der Waals surface area contributed by atoms with E-state index in [-0.39, 0.29) is 35.9 Å². The van der Waals surface area contributed by atoms with Gasteiger partial charge in [0.05, 0.1) is 6.54 Å². The Bertz CT molecular complexity index is 907. The standard InChI is InChI=1S/C27H39N3O2/c1-17(2)24(21-12-14-22(15-13-21)27(6,7)8)29-20(5)26(32)28-16-23(31)30-25-18(3)10-9-11-19(25)4/h9-15,17,20,24,29H,16H2,1-8H3,(H,28,32)(H,30,31)/p+1/t20-,24+/m1/s1. The zero-order valence-corrected chi connectivity index (χ0v) is 20.9. The predicted molar refractivity (Wildman–Crippen MR) is 132 cm³/mol. The van der Waals surface area contributed by atoms with E-state index in [1.54, 1.807) is 0 Å². The average molecular weight is 439 g/mol. The number of nitrogens with two attached hydrogens (primary N) is 1. The van der Waals surface area contributed by atoms with E-state index in [9.17, 15) is 9.59 Å². The molecule has 2 aromatic carbocycles. The van der Waals surface area contributed by atoms with Crippen molar-refractivity contribution in [1.82, 2.24) is 5.32 Å². The molecule has 0 saturated heterocycles. The van der Waals surface area contributed by atoms with Crippen LogP contribution in [0.25, 0.3) is 0 Å². The first-order valence-electron chi connectivity index (χ1n) is 11.5. The molecule has 2 atom stereocenters. The summed E-state index contributed by atoms with van der Waals surface area (Å²) in [5.41, 5.74) is 5.43. The van der Waals surface area contributed by atoms with Crippen molar-refractivity contribution in [3.05, 3.63) is 64.7 Å². The van der Waals surface area contributed by atoms with Crippen LogP contribution in [0, 0.1) is 19.8 Å². The molecular weight excluding hydrogens is 398 g/mol. The van der Waals surface area contributed by atoms with E-state index >= 15 is 0 Å². The maximum Gasteiger partial charge on any atom is 0.278 e. The summed E-state index contributed by atoms with van der Waals surface area (Å²) >= 11 is 0. The number of para-hydroxylation sites is 1. The SMILES string of the molecule is Cc1cccc(C)c1NC(=O)CNC(=O)[C@@H](C)[NH2+][C@H](c1ccc(C(C)(C)C)cc1)C(C)C. The molecule has 0 aromatic heterocycles. The van der Waals surface area contributed by atoms with Crippen LogP contribution in [0.2, 0.25) is 0 Å². The maximum atomic E-state index is 12.7. The molecule has 174 valence electrons. The van der Waals surface area contributed by atoms with Crippen molar-refractivity contribution in [1.29, 1.82) is 0 Å². The number of hydrogen-bond acceptors (Lipinski definition) is 2. The van der Waals surface area contributed by atoms with Gasteiger partial charge in [-0.15, -0.1) is 0 Å². The largest absolute Gasteiger partial charge is 0.342 e. The van der Waals surface area contributed by atoms with Crippen LogP contribution in [-0.4, -0.2) is 24.4 Å². The highest BCUT2D eigenvalue weighted by Gasteiger charge is 2.26. The number of aryl methyl sites for hydroxylation is 2. The summed E-state index contributed by atoms with van der Waals surface area (Å²) in [6.45, 7) is 16.7. The number of rotatable bonds is 8. The molecule has 0 heterocycles. The lowest BCUT2D eigenvalue weighted by Gasteiger charge is -2.25. The van der Waals surface area contributed by atoms with E-state index in [1.807, 2.05) is 39.0 Å². The maximum absolute atomic E-state index is 12.7. The summed E-state index contributed by atoms with van der Waals surface area (Å²) in [7, 11) is 0. The number of anilines is 1. The minimum Gasteiger partial charge on any atom is -0.342 e. The Labute approximate surface area is 193 Å². The fourth-order valence-electron chi connectivity index (χ4n) is 3.85. The Balaban J connectivity index is 1.96. The van der Waals surface area contributed by atoms with Gasteiger partial charge in [0.15, 0.2) is 6.04 Å². The average Bonchev–Trinajstić information content (AvgIpc) is 2.72. The summed E-state index contributed by atoms with van der Waals surface area (Å²) in [5, 5.41) is 7.79. The molecule has 0 bridgehead atoms. The first kappa shape index (κ1) is 25.6. The second kappa shape index (κ2) is 10.8. The Morgan fingerprint density at radius 1 is 0.938 bits per heavy atom. The fourth-order valence-corrected chi connectivity index (χ4v) is 3.85. The van der Waals surface area contributed by atoms with Gasteiger partial charge in [0.25, 0.3) is 5.91 Å². The van der Waals surface area contributed by atoms with E-state index < -0.39 is 0 Å². The second-order valence-corrected chi connectivity index (χ2v) is 10.2. The van der Waals surface area contributed by atoms with Crippen molar-refractivity contribution >= 4 is 17.5 Å². The fraction of sp³-hybridized carbons (Fsp3) is 0.481. The van der Waals surface area contributed by atoms with E-state index in [4.69, 9.17) is 0 Å². The molecule has 0 aliphatic carbocycles. The number of benzene rings is 2. The van der Waals surface area contributed by atoms with E-state index in [2.05, 4.69) is 74.8 Å². The monoisotopic (exact) mass is 438 g/mol. The zero-order valence-electron chi connectivity index (χ0n) is 20.9. The molecule has 32 heavy (non-hydrogen) atoms. The molecular formula is C27H40N3O2+.